The molecule has 0 unspecified atom stereocenters. The molecule has 0 aromatic heterocycles. The lowest BCUT2D eigenvalue weighted by Gasteiger charge is -2.43. The Morgan fingerprint density at radius 1 is 0.885 bits per heavy atom. The zero-order valence-corrected chi connectivity index (χ0v) is 18.7. The predicted molar refractivity (Wildman–Crippen MR) is 111 cm³/mol. The molecule has 0 radical (unpaired) electrons. The zero-order valence-electron chi connectivity index (χ0n) is 18.7. The average molecular weight is 365 g/mol. The van der Waals surface area contributed by atoms with E-state index in [1.54, 1.807) is 0 Å². The van der Waals surface area contributed by atoms with Crippen LogP contribution in [0.5, 0.6) is 0 Å². The van der Waals surface area contributed by atoms with E-state index in [1.165, 1.54) is 11.0 Å². The smallest absolute Gasteiger partial charge is 0.267 e. The number of hydrogen-bond acceptors (Lipinski definition) is 2. The Morgan fingerprint density at radius 2 is 1.31 bits per heavy atom. The molecule has 0 heterocycles. The summed E-state index contributed by atoms with van der Waals surface area (Å²) in [6.07, 6.45) is 2.76. The van der Waals surface area contributed by atoms with Crippen LogP contribution in [-0.4, -0.2) is 27.8 Å². The van der Waals surface area contributed by atoms with Crippen LogP contribution in [0.25, 0.3) is 0 Å². The highest BCUT2D eigenvalue weighted by atomic mass is 16.2. The van der Waals surface area contributed by atoms with Crippen LogP contribution in [-0.2, 0) is 9.59 Å². The molecule has 150 valence electrons. The van der Waals surface area contributed by atoms with E-state index >= 15 is 0 Å². The van der Waals surface area contributed by atoms with Gasteiger partial charge in [-0.1, -0.05) is 54.7 Å². The molecule has 1 N–H and O–H groups in total. The molecule has 0 fully saturated rings. The molecule has 0 saturated carbocycles. The molecule has 2 amide bonds. The van der Waals surface area contributed by atoms with Crippen molar-refractivity contribution in [3.05, 3.63) is 24.9 Å². The fraction of sp³-hybridized carbons (Fsp3) is 0.727. The van der Waals surface area contributed by atoms with Crippen molar-refractivity contribution in [2.75, 3.05) is 0 Å². The minimum Gasteiger partial charge on any atom is -0.346 e. The second kappa shape index (κ2) is 7.98. The maximum Gasteiger partial charge on any atom is 0.267 e. The third-order valence-electron chi connectivity index (χ3n) is 3.92. The van der Waals surface area contributed by atoms with Gasteiger partial charge < -0.3 is 5.32 Å². The zero-order chi connectivity index (χ0) is 21.1. The van der Waals surface area contributed by atoms with Crippen LogP contribution in [0.15, 0.2) is 24.9 Å². The summed E-state index contributed by atoms with van der Waals surface area (Å²) in [5, 5.41) is 3.04. The molecule has 0 aliphatic heterocycles. The van der Waals surface area contributed by atoms with Gasteiger partial charge in [0, 0.05) is 11.1 Å². The van der Waals surface area contributed by atoms with Crippen molar-refractivity contribution < 1.29 is 9.59 Å². The highest BCUT2D eigenvalue weighted by Crippen LogP contribution is 2.34. The summed E-state index contributed by atoms with van der Waals surface area (Å²) in [6, 6.07) is 0. The van der Waals surface area contributed by atoms with E-state index in [0.29, 0.717) is 0 Å². The van der Waals surface area contributed by atoms with Crippen LogP contribution in [0.2, 0.25) is 0 Å². The molecule has 0 aliphatic rings. The molecule has 4 heteroatoms. The van der Waals surface area contributed by atoms with Crippen LogP contribution in [0.1, 0.15) is 82.1 Å². The van der Waals surface area contributed by atoms with E-state index in [4.69, 9.17) is 0 Å². The molecule has 0 atom stereocenters. The Hall–Kier alpha value is -1.58. The van der Waals surface area contributed by atoms with E-state index in [-0.39, 0.29) is 28.3 Å². The normalized spacial score (nSPS) is 13.2. The minimum atomic E-state index is -0.563. The second-order valence-electron chi connectivity index (χ2n) is 10.9. The Balaban J connectivity index is 5.60. The Labute approximate surface area is 161 Å². The molecule has 0 spiro atoms. The van der Waals surface area contributed by atoms with Crippen molar-refractivity contribution in [1.82, 2.24) is 10.2 Å². The molecule has 0 aromatic carbocycles. The molecule has 4 nitrogen and oxygen atoms in total. The average Bonchev–Trinajstić information content (AvgIpc) is 2.31. The summed E-state index contributed by atoms with van der Waals surface area (Å²) < 4.78 is 0. The molecule has 0 aliphatic carbocycles. The first-order chi connectivity index (χ1) is 11.3. The van der Waals surface area contributed by atoms with Gasteiger partial charge in [-0.15, -0.1) is 0 Å². The number of rotatable bonds is 7. The highest BCUT2D eigenvalue weighted by Gasteiger charge is 2.38. The van der Waals surface area contributed by atoms with Crippen LogP contribution < -0.4 is 5.32 Å². The standard InChI is InChI=1S/C22H40N2O2/c1-13-17(25)24(22(11,12)15-20(6,7)8)16(2)18(26)23-21(9,10)14-19(3,4)5/h13H,1-2,14-15H2,3-12H3,(H,23,26). The quantitative estimate of drug-likeness (QED) is 0.642. The summed E-state index contributed by atoms with van der Waals surface area (Å²) in [7, 11) is 0. The van der Waals surface area contributed by atoms with Gasteiger partial charge in [0.15, 0.2) is 0 Å². The third kappa shape index (κ3) is 8.20. The molecule has 0 bridgehead atoms. The predicted octanol–water partition coefficient (Wildman–Crippen LogP) is 5.06. The summed E-state index contributed by atoms with van der Waals surface area (Å²) in [6.45, 7) is 28.2. The van der Waals surface area contributed by atoms with Crippen molar-refractivity contribution in [1.29, 1.82) is 0 Å². The molecule has 0 saturated heterocycles. The van der Waals surface area contributed by atoms with E-state index in [9.17, 15) is 9.59 Å². The first-order valence-electron chi connectivity index (χ1n) is 9.29. The van der Waals surface area contributed by atoms with Crippen LogP contribution in [0.4, 0.5) is 0 Å². The SMILES string of the molecule is C=CC(=O)N(C(=C)C(=O)NC(C)(C)CC(C)(C)C)C(C)(C)CC(C)(C)C. The molecule has 26 heavy (non-hydrogen) atoms. The molecular weight excluding hydrogens is 324 g/mol. The topological polar surface area (TPSA) is 49.4 Å². The lowest BCUT2D eigenvalue weighted by molar-refractivity contribution is -0.134. The number of nitrogens with zero attached hydrogens (tertiary/aromatic N) is 1. The molecular formula is C22H40N2O2. The second-order valence-corrected chi connectivity index (χ2v) is 10.9. The van der Waals surface area contributed by atoms with Gasteiger partial charge in [0.2, 0.25) is 0 Å². The largest absolute Gasteiger partial charge is 0.346 e. The van der Waals surface area contributed by atoms with Gasteiger partial charge >= 0.3 is 0 Å². The molecule has 0 aromatic rings. The number of nitrogens with one attached hydrogen (secondary N) is 1. The summed E-state index contributed by atoms with van der Waals surface area (Å²) in [5.74, 6) is -0.635. The third-order valence-corrected chi connectivity index (χ3v) is 3.92. The van der Waals surface area contributed by atoms with Gasteiger partial charge in [-0.05, 0) is 57.4 Å². The van der Waals surface area contributed by atoms with E-state index in [0.717, 1.165) is 12.8 Å². The number of hydrogen-bond donors (Lipinski definition) is 1. The van der Waals surface area contributed by atoms with Gasteiger partial charge in [-0.3, -0.25) is 14.5 Å². The van der Waals surface area contributed by atoms with Crippen molar-refractivity contribution in [2.24, 2.45) is 10.8 Å². The number of carbonyl (C=O) groups excluding carboxylic acids is 2. The first-order valence-corrected chi connectivity index (χ1v) is 9.29. The van der Waals surface area contributed by atoms with E-state index in [2.05, 4.69) is 60.0 Å². The van der Waals surface area contributed by atoms with Gasteiger partial charge in [0.25, 0.3) is 11.8 Å². The first kappa shape index (κ1) is 24.4. The van der Waals surface area contributed by atoms with Gasteiger partial charge in [-0.25, -0.2) is 0 Å². The number of carbonyl (C=O) groups is 2. The summed E-state index contributed by atoms with van der Waals surface area (Å²) in [5.41, 5.74) is -0.751. The summed E-state index contributed by atoms with van der Waals surface area (Å²) in [4.78, 5) is 26.9. The monoisotopic (exact) mass is 364 g/mol. The maximum atomic E-state index is 12.9. The number of amides is 2. The lowest BCUT2D eigenvalue weighted by atomic mass is 9.80. The lowest BCUT2D eigenvalue weighted by Crippen LogP contribution is -2.54. The maximum absolute atomic E-state index is 12.9. The van der Waals surface area contributed by atoms with Crippen molar-refractivity contribution >= 4 is 11.8 Å². The van der Waals surface area contributed by atoms with Crippen LogP contribution in [0, 0.1) is 10.8 Å². The molecule has 0 rings (SSSR count). The summed E-state index contributed by atoms with van der Waals surface area (Å²) >= 11 is 0. The Morgan fingerprint density at radius 3 is 1.65 bits per heavy atom. The van der Waals surface area contributed by atoms with E-state index in [1.807, 2.05) is 27.7 Å². The van der Waals surface area contributed by atoms with Crippen molar-refractivity contribution in [3.63, 3.8) is 0 Å². The minimum absolute atomic E-state index is 0.00847. The van der Waals surface area contributed by atoms with Gasteiger partial charge in [0.05, 0.1) is 0 Å². The Bertz CT molecular complexity index is 558. The fourth-order valence-electron chi connectivity index (χ4n) is 4.12. The van der Waals surface area contributed by atoms with Crippen molar-refractivity contribution in [3.8, 4) is 0 Å². The van der Waals surface area contributed by atoms with Crippen LogP contribution >= 0.6 is 0 Å². The van der Waals surface area contributed by atoms with Crippen LogP contribution in [0.3, 0.4) is 0 Å². The Kier molecular flexibility index (Phi) is 7.49. The highest BCUT2D eigenvalue weighted by molar-refractivity contribution is 6.00. The van der Waals surface area contributed by atoms with Gasteiger partial charge in [-0.2, -0.15) is 0 Å². The van der Waals surface area contributed by atoms with E-state index < -0.39 is 11.1 Å². The fourth-order valence-corrected chi connectivity index (χ4v) is 4.12. The van der Waals surface area contributed by atoms with Gasteiger partial charge in [0.1, 0.15) is 5.70 Å². The van der Waals surface area contributed by atoms with Crippen molar-refractivity contribution in [2.45, 2.75) is 93.2 Å².